The summed E-state index contributed by atoms with van der Waals surface area (Å²) in [5.41, 5.74) is 7.45. The first-order valence-corrected chi connectivity index (χ1v) is 6.85. The van der Waals surface area contributed by atoms with Crippen molar-refractivity contribution in [3.8, 4) is 0 Å². The lowest BCUT2D eigenvalue weighted by atomic mass is 10.2. The maximum atomic E-state index is 5.92. The van der Waals surface area contributed by atoms with E-state index in [0.29, 0.717) is 11.0 Å². The minimum absolute atomic E-state index is 0.0864. The van der Waals surface area contributed by atoms with Gasteiger partial charge < -0.3 is 5.73 Å². The molecule has 0 saturated heterocycles. The van der Waals surface area contributed by atoms with Gasteiger partial charge in [-0.2, -0.15) is 11.8 Å². The van der Waals surface area contributed by atoms with Crippen molar-refractivity contribution in [1.29, 1.82) is 0 Å². The predicted molar refractivity (Wildman–Crippen MR) is 74.5 cm³/mol. The molecule has 17 heavy (non-hydrogen) atoms. The van der Waals surface area contributed by atoms with Crippen LogP contribution in [0.4, 0.5) is 5.95 Å². The Bertz CT molecular complexity index is 550. The van der Waals surface area contributed by atoms with Crippen LogP contribution in [0.5, 0.6) is 0 Å². The molecule has 6 heteroatoms. The van der Waals surface area contributed by atoms with Gasteiger partial charge in [-0.25, -0.2) is 9.97 Å². The fourth-order valence-corrected chi connectivity index (χ4v) is 2.02. The van der Waals surface area contributed by atoms with Crippen molar-refractivity contribution >= 4 is 40.5 Å². The van der Waals surface area contributed by atoms with Gasteiger partial charge in [0.1, 0.15) is 5.52 Å². The Balaban J connectivity index is 2.50. The van der Waals surface area contributed by atoms with E-state index < -0.39 is 0 Å². The summed E-state index contributed by atoms with van der Waals surface area (Å²) >= 11 is 7.67. The minimum atomic E-state index is 0.0864. The predicted octanol–water partition coefficient (Wildman–Crippen LogP) is 2.81. The Morgan fingerprint density at radius 3 is 2.88 bits per heavy atom. The number of hydrogen-bond acceptors (Lipinski definition) is 4. The maximum Gasteiger partial charge on any atom is 0.202 e. The number of rotatable bonds is 3. The number of pyridine rings is 1. The summed E-state index contributed by atoms with van der Waals surface area (Å²) in [5.74, 6) is 0.483. The minimum Gasteiger partial charge on any atom is -0.369 e. The fourth-order valence-electron chi connectivity index (χ4n) is 1.61. The zero-order valence-corrected chi connectivity index (χ0v) is 11.6. The largest absolute Gasteiger partial charge is 0.369 e. The van der Waals surface area contributed by atoms with E-state index in [2.05, 4.69) is 30.1 Å². The Hall–Kier alpha value is -0.940. The van der Waals surface area contributed by atoms with E-state index in [1.165, 1.54) is 0 Å². The van der Waals surface area contributed by atoms with Crippen LogP contribution in [0.15, 0.2) is 12.3 Å². The van der Waals surface area contributed by atoms with Crippen LogP contribution in [-0.4, -0.2) is 25.5 Å². The molecular formula is C11H15ClN4S. The molecule has 0 aromatic carbocycles. The molecule has 0 saturated carbocycles. The average Bonchev–Trinajstić information content (AvgIpc) is 2.54. The number of nitrogen functional groups attached to an aromatic ring is 1. The van der Waals surface area contributed by atoms with E-state index >= 15 is 0 Å². The molecule has 92 valence electrons. The first kappa shape index (κ1) is 12.5. The SMILES string of the molecule is CSC(C)(C)Cn1c(N)nc2cc(Cl)cnc21. The highest BCUT2D eigenvalue weighted by molar-refractivity contribution is 7.99. The summed E-state index contributed by atoms with van der Waals surface area (Å²) < 4.78 is 2.02. The molecule has 0 aliphatic heterocycles. The summed E-state index contributed by atoms with van der Waals surface area (Å²) in [6, 6.07) is 1.78. The van der Waals surface area contributed by atoms with Gasteiger partial charge >= 0.3 is 0 Å². The van der Waals surface area contributed by atoms with Crippen LogP contribution in [0.25, 0.3) is 11.2 Å². The van der Waals surface area contributed by atoms with Gasteiger partial charge in [0.05, 0.1) is 5.02 Å². The number of fused-ring (bicyclic) bond motifs is 1. The highest BCUT2D eigenvalue weighted by Crippen LogP contribution is 2.27. The molecule has 0 spiro atoms. The normalized spacial score (nSPS) is 12.2. The molecule has 0 aliphatic rings. The molecule has 2 heterocycles. The molecule has 4 nitrogen and oxygen atoms in total. The van der Waals surface area contributed by atoms with E-state index in [4.69, 9.17) is 17.3 Å². The highest BCUT2D eigenvalue weighted by Gasteiger charge is 2.20. The van der Waals surface area contributed by atoms with E-state index in [0.717, 1.165) is 17.7 Å². The maximum absolute atomic E-state index is 5.92. The summed E-state index contributed by atoms with van der Waals surface area (Å²) in [6.45, 7) is 5.10. The van der Waals surface area contributed by atoms with Gasteiger partial charge in [-0.05, 0) is 26.2 Å². The van der Waals surface area contributed by atoms with Crippen LogP contribution in [0.2, 0.25) is 5.02 Å². The zero-order valence-electron chi connectivity index (χ0n) is 10.1. The highest BCUT2D eigenvalue weighted by atomic mass is 35.5. The third-order valence-electron chi connectivity index (χ3n) is 2.67. The lowest BCUT2D eigenvalue weighted by Gasteiger charge is -2.23. The van der Waals surface area contributed by atoms with Crippen LogP contribution < -0.4 is 5.73 Å². The zero-order chi connectivity index (χ0) is 12.6. The monoisotopic (exact) mass is 270 g/mol. The smallest absolute Gasteiger partial charge is 0.202 e. The third kappa shape index (κ3) is 2.50. The lowest BCUT2D eigenvalue weighted by molar-refractivity contribution is 0.582. The van der Waals surface area contributed by atoms with Gasteiger partial charge in [-0.15, -0.1) is 0 Å². The number of halogens is 1. The number of hydrogen-bond donors (Lipinski definition) is 1. The number of nitrogens with zero attached hydrogens (tertiary/aromatic N) is 3. The van der Waals surface area contributed by atoms with Crippen molar-refractivity contribution in [3.63, 3.8) is 0 Å². The van der Waals surface area contributed by atoms with Gasteiger partial charge in [-0.3, -0.25) is 4.57 Å². The van der Waals surface area contributed by atoms with Crippen molar-refractivity contribution in [2.24, 2.45) is 0 Å². The molecule has 0 aliphatic carbocycles. The molecular weight excluding hydrogens is 256 g/mol. The molecule has 2 aromatic rings. The van der Waals surface area contributed by atoms with Crippen molar-refractivity contribution in [3.05, 3.63) is 17.3 Å². The Morgan fingerprint density at radius 1 is 1.53 bits per heavy atom. The van der Waals surface area contributed by atoms with Gasteiger partial charge in [0, 0.05) is 17.5 Å². The van der Waals surface area contributed by atoms with E-state index in [-0.39, 0.29) is 4.75 Å². The molecule has 2 rings (SSSR count). The second-order valence-electron chi connectivity index (χ2n) is 4.52. The topological polar surface area (TPSA) is 56.7 Å². The lowest BCUT2D eigenvalue weighted by Crippen LogP contribution is -2.23. The molecule has 0 fully saturated rings. The second kappa shape index (κ2) is 4.38. The Morgan fingerprint density at radius 2 is 2.24 bits per heavy atom. The number of anilines is 1. The van der Waals surface area contributed by atoms with Crippen LogP contribution >= 0.6 is 23.4 Å². The van der Waals surface area contributed by atoms with Gasteiger partial charge in [0.2, 0.25) is 5.95 Å². The molecule has 0 radical (unpaired) electrons. The van der Waals surface area contributed by atoms with Crippen molar-refractivity contribution in [2.45, 2.75) is 25.1 Å². The van der Waals surface area contributed by atoms with Crippen molar-refractivity contribution in [2.75, 3.05) is 12.0 Å². The first-order chi connectivity index (χ1) is 7.93. The van der Waals surface area contributed by atoms with E-state index in [9.17, 15) is 0 Å². The Kier molecular flexibility index (Phi) is 3.23. The van der Waals surface area contributed by atoms with Gasteiger partial charge in [-0.1, -0.05) is 11.6 Å². The second-order valence-corrected chi connectivity index (χ2v) is 6.47. The molecule has 2 aromatic heterocycles. The van der Waals surface area contributed by atoms with Crippen LogP contribution in [0.1, 0.15) is 13.8 Å². The number of nitrogens with two attached hydrogens (primary N) is 1. The number of aromatic nitrogens is 3. The van der Waals surface area contributed by atoms with Crippen LogP contribution in [-0.2, 0) is 6.54 Å². The molecule has 0 amide bonds. The summed E-state index contributed by atoms with van der Waals surface area (Å²) in [4.78, 5) is 8.58. The van der Waals surface area contributed by atoms with Crippen LogP contribution in [0.3, 0.4) is 0 Å². The van der Waals surface area contributed by atoms with Crippen molar-refractivity contribution < 1.29 is 0 Å². The van der Waals surface area contributed by atoms with Crippen molar-refractivity contribution in [1.82, 2.24) is 14.5 Å². The summed E-state index contributed by atoms with van der Waals surface area (Å²) in [5, 5.41) is 0.575. The average molecular weight is 271 g/mol. The molecule has 0 atom stereocenters. The molecule has 0 bridgehead atoms. The van der Waals surface area contributed by atoms with E-state index in [1.54, 1.807) is 24.0 Å². The van der Waals surface area contributed by atoms with E-state index in [1.807, 2.05) is 4.57 Å². The first-order valence-electron chi connectivity index (χ1n) is 5.25. The summed E-state index contributed by atoms with van der Waals surface area (Å²) in [7, 11) is 0. The van der Waals surface area contributed by atoms with Gasteiger partial charge in [0.25, 0.3) is 0 Å². The third-order valence-corrected chi connectivity index (χ3v) is 4.11. The number of imidazole rings is 1. The number of thioether (sulfide) groups is 1. The standard InChI is InChI=1S/C11H15ClN4S/c1-11(2,17-3)6-16-9-8(15-10(16)13)4-7(12)5-14-9/h4-5H,6H2,1-3H3,(H2,13,15). The molecule has 0 unspecified atom stereocenters. The molecule has 2 N–H and O–H groups in total. The quantitative estimate of drug-likeness (QED) is 0.932. The van der Waals surface area contributed by atoms with Crippen LogP contribution in [0, 0.1) is 0 Å². The fraction of sp³-hybridized carbons (Fsp3) is 0.455. The van der Waals surface area contributed by atoms with Gasteiger partial charge in [0.15, 0.2) is 5.65 Å². The summed E-state index contributed by atoms with van der Waals surface area (Å²) in [6.07, 6.45) is 3.70. The Labute approximate surface area is 110 Å².